The zero-order chi connectivity index (χ0) is 17.1. The smallest absolute Gasteiger partial charge is 0.227 e. The van der Waals surface area contributed by atoms with Crippen LogP contribution in [0.2, 0.25) is 0 Å². The molecule has 1 aromatic heterocycles. The van der Waals surface area contributed by atoms with E-state index in [0.29, 0.717) is 17.0 Å². The number of carbonyl (C=O) groups excluding carboxylic acids is 1. The average molecular weight is 365 g/mol. The minimum absolute atomic E-state index is 0. The maximum Gasteiger partial charge on any atom is 0.227 e. The molecule has 0 bridgehead atoms. The summed E-state index contributed by atoms with van der Waals surface area (Å²) in [5.74, 6) is 0.380. The molecular formula is C18H21ClN2O4. The highest BCUT2D eigenvalue weighted by atomic mass is 35.5. The summed E-state index contributed by atoms with van der Waals surface area (Å²) in [5, 5.41) is 4.79. The molecule has 25 heavy (non-hydrogen) atoms. The first-order chi connectivity index (χ1) is 11.7. The first kappa shape index (κ1) is 19.1. The van der Waals surface area contributed by atoms with Gasteiger partial charge in [0, 0.05) is 30.5 Å². The number of methoxy groups -OCH3 is 2. The number of nitrogens with one attached hydrogen (secondary N) is 1. The number of carbonyl (C=O) groups is 1. The summed E-state index contributed by atoms with van der Waals surface area (Å²) < 4.78 is 16.4. The minimum atomic E-state index is -0.314. The zero-order valence-corrected chi connectivity index (χ0v) is 14.9. The number of para-hydroxylation sites is 1. The highest BCUT2D eigenvalue weighted by Gasteiger charge is 2.16. The van der Waals surface area contributed by atoms with E-state index in [0.717, 1.165) is 16.4 Å². The van der Waals surface area contributed by atoms with Gasteiger partial charge in [-0.25, -0.2) is 0 Å². The Morgan fingerprint density at radius 1 is 1.20 bits per heavy atom. The molecule has 2 aromatic carbocycles. The van der Waals surface area contributed by atoms with E-state index < -0.39 is 0 Å². The van der Waals surface area contributed by atoms with E-state index in [2.05, 4.69) is 5.32 Å². The maximum absolute atomic E-state index is 12.2. The number of hydrogen-bond acceptors (Lipinski definition) is 5. The Balaban J connectivity index is 0.00000225. The third-order valence-corrected chi connectivity index (χ3v) is 3.98. The van der Waals surface area contributed by atoms with Crippen LogP contribution < -0.4 is 15.8 Å². The molecule has 1 amide bonds. The van der Waals surface area contributed by atoms with Crippen molar-refractivity contribution in [3.8, 4) is 5.75 Å². The average Bonchev–Trinajstić information content (AvgIpc) is 2.96. The van der Waals surface area contributed by atoms with Gasteiger partial charge in [-0.2, -0.15) is 0 Å². The molecule has 0 aliphatic heterocycles. The number of fused-ring (bicyclic) bond motifs is 3. The van der Waals surface area contributed by atoms with E-state index in [1.807, 2.05) is 30.3 Å². The Bertz CT molecular complexity index is 874. The molecule has 1 heterocycles. The fraction of sp³-hybridized carbons (Fsp3) is 0.278. The van der Waals surface area contributed by atoms with E-state index in [9.17, 15) is 4.79 Å². The van der Waals surface area contributed by atoms with Crippen LogP contribution in [0.5, 0.6) is 5.75 Å². The number of benzene rings is 2. The van der Waals surface area contributed by atoms with Crippen LogP contribution in [-0.2, 0) is 9.53 Å². The van der Waals surface area contributed by atoms with E-state index in [4.69, 9.17) is 19.6 Å². The van der Waals surface area contributed by atoms with Gasteiger partial charge in [0.2, 0.25) is 5.91 Å². The first-order valence-corrected chi connectivity index (χ1v) is 7.68. The molecule has 134 valence electrons. The van der Waals surface area contributed by atoms with E-state index in [1.54, 1.807) is 13.2 Å². The van der Waals surface area contributed by atoms with Gasteiger partial charge in [-0.05, 0) is 12.1 Å². The van der Waals surface area contributed by atoms with Crippen LogP contribution in [0.3, 0.4) is 0 Å². The number of hydrogen-bond donors (Lipinski definition) is 2. The van der Waals surface area contributed by atoms with Crippen molar-refractivity contribution in [1.29, 1.82) is 0 Å². The highest BCUT2D eigenvalue weighted by molar-refractivity contribution is 6.07. The first-order valence-electron chi connectivity index (χ1n) is 7.68. The van der Waals surface area contributed by atoms with E-state index in [-0.39, 0.29) is 37.4 Å². The molecule has 0 aliphatic rings. The predicted octanol–water partition coefficient (Wildman–Crippen LogP) is 3.32. The fourth-order valence-corrected chi connectivity index (χ4v) is 2.69. The standard InChI is InChI=1S/C18H20N2O4.ClH/c1-22-11(10-19)7-18(21)20-14-9-16-13(8-17(14)23-2)12-5-3-4-6-15(12)24-16;/h3-6,8-9,11H,7,10,19H2,1-2H3,(H,20,21);1H. The van der Waals surface area contributed by atoms with Crippen LogP contribution in [0, 0.1) is 0 Å². The molecule has 0 saturated carbocycles. The number of anilines is 1. The quantitative estimate of drug-likeness (QED) is 0.700. The van der Waals surface area contributed by atoms with Crippen molar-refractivity contribution in [1.82, 2.24) is 0 Å². The van der Waals surface area contributed by atoms with Crippen LogP contribution in [-0.4, -0.2) is 32.8 Å². The molecule has 6 nitrogen and oxygen atoms in total. The third-order valence-electron chi connectivity index (χ3n) is 3.98. The molecule has 0 aliphatic carbocycles. The summed E-state index contributed by atoms with van der Waals surface area (Å²) in [6.45, 7) is 0.281. The van der Waals surface area contributed by atoms with Crippen LogP contribution in [0.1, 0.15) is 6.42 Å². The number of furan rings is 1. The molecular weight excluding hydrogens is 344 g/mol. The van der Waals surface area contributed by atoms with Crippen molar-refractivity contribution < 1.29 is 18.7 Å². The van der Waals surface area contributed by atoms with Crippen LogP contribution in [0.15, 0.2) is 40.8 Å². The fourth-order valence-electron chi connectivity index (χ4n) is 2.69. The lowest BCUT2D eigenvalue weighted by molar-refractivity contribution is -0.118. The maximum atomic E-state index is 12.2. The van der Waals surface area contributed by atoms with Crippen LogP contribution in [0.25, 0.3) is 21.9 Å². The summed E-state index contributed by atoms with van der Waals surface area (Å²) in [4.78, 5) is 12.2. The Morgan fingerprint density at radius 3 is 2.64 bits per heavy atom. The molecule has 0 saturated heterocycles. The molecule has 0 radical (unpaired) electrons. The van der Waals surface area contributed by atoms with Crippen LogP contribution in [0.4, 0.5) is 5.69 Å². The van der Waals surface area contributed by atoms with Crippen LogP contribution >= 0.6 is 12.4 Å². The molecule has 1 atom stereocenters. The largest absolute Gasteiger partial charge is 0.495 e. The summed E-state index contributed by atoms with van der Waals surface area (Å²) >= 11 is 0. The normalized spacial score (nSPS) is 12.0. The monoisotopic (exact) mass is 364 g/mol. The SMILES string of the molecule is COc1cc2c(cc1NC(=O)CC(CN)OC)oc1ccccc12.Cl. The highest BCUT2D eigenvalue weighted by Crippen LogP contribution is 2.36. The Kier molecular flexibility index (Phi) is 6.25. The second kappa shape index (κ2) is 8.20. The Hall–Kier alpha value is -2.28. The van der Waals surface area contributed by atoms with Gasteiger partial charge in [0.05, 0.1) is 25.3 Å². The van der Waals surface area contributed by atoms with E-state index in [1.165, 1.54) is 7.11 Å². The van der Waals surface area contributed by atoms with Crippen molar-refractivity contribution in [3.05, 3.63) is 36.4 Å². The van der Waals surface area contributed by atoms with Gasteiger partial charge in [-0.1, -0.05) is 18.2 Å². The lowest BCUT2D eigenvalue weighted by atomic mass is 10.1. The van der Waals surface area contributed by atoms with Crippen molar-refractivity contribution >= 4 is 45.9 Å². The summed E-state index contributed by atoms with van der Waals surface area (Å²) in [7, 11) is 3.10. The molecule has 1 unspecified atom stereocenters. The van der Waals surface area contributed by atoms with Gasteiger partial charge in [0.25, 0.3) is 0 Å². The topological polar surface area (TPSA) is 86.7 Å². The number of ether oxygens (including phenoxy) is 2. The van der Waals surface area contributed by atoms with E-state index >= 15 is 0 Å². The second-order valence-corrected chi connectivity index (χ2v) is 5.49. The molecule has 7 heteroatoms. The Morgan fingerprint density at radius 2 is 1.96 bits per heavy atom. The number of rotatable bonds is 6. The van der Waals surface area contributed by atoms with Gasteiger partial charge in [-0.3, -0.25) is 4.79 Å². The number of amides is 1. The third kappa shape index (κ3) is 3.87. The predicted molar refractivity (Wildman–Crippen MR) is 101 cm³/mol. The van der Waals surface area contributed by atoms with Crippen molar-refractivity contribution in [2.75, 3.05) is 26.1 Å². The summed E-state index contributed by atoms with van der Waals surface area (Å²) in [6.07, 6.45) is -0.139. The number of halogens is 1. The lowest BCUT2D eigenvalue weighted by Gasteiger charge is -2.14. The second-order valence-electron chi connectivity index (χ2n) is 5.49. The molecule has 0 fully saturated rings. The van der Waals surface area contributed by atoms with Gasteiger partial charge < -0.3 is 24.9 Å². The van der Waals surface area contributed by atoms with Gasteiger partial charge in [-0.15, -0.1) is 12.4 Å². The summed E-state index contributed by atoms with van der Waals surface area (Å²) in [6, 6.07) is 11.4. The van der Waals surface area contributed by atoms with Gasteiger partial charge in [0.1, 0.15) is 16.9 Å². The molecule has 3 N–H and O–H groups in total. The number of nitrogens with two attached hydrogens (primary N) is 1. The van der Waals surface area contributed by atoms with Gasteiger partial charge in [0.15, 0.2) is 0 Å². The molecule has 3 aromatic rings. The van der Waals surface area contributed by atoms with Crippen molar-refractivity contribution in [2.45, 2.75) is 12.5 Å². The molecule has 0 spiro atoms. The summed E-state index contributed by atoms with van der Waals surface area (Å²) in [5.41, 5.74) is 7.59. The lowest BCUT2D eigenvalue weighted by Crippen LogP contribution is -2.28. The van der Waals surface area contributed by atoms with Crippen molar-refractivity contribution in [2.24, 2.45) is 5.73 Å². The molecule has 3 rings (SSSR count). The minimum Gasteiger partial charge on any atom is -0.495 e. The van der Waals surface area contributed by atoms with Gasteiger partial charge >= 0.3 is 0 Å². The zero-order valence-electron chi connectivity index (χ0n) is 14.1. The Labute approximate surface area is 151 Å². The van der Waals surface area contributed by atoms with Crippen molar-refractivity contribution in [3.63, 3.8) is 0 Å².